The zero-order valence-corrected chi connectivity index (χ0v) is 18.1. The van der Waals surface area contributed by atoms with E-state index in [9.17, 15) is 9.59 Å². The van der Waals surface area contributed by atoms with E-state index in [1.165, 1.54) is 27.1 Å². The summed E-state index contributed by atoms with van der Waals surface area (Å²) in [5.41, 5.74) is 0.789. The average molecular weight is 433 g/mol. The van der Waals surface area contributed by atoms with Gasteiger partial charge in [-0.2, -0.15) is 0 Å². The molecular formula is C20H24N4O3S2. The third-order valence-corrected chi connectivity index (χ3v) is 7.41. The number of hydrogen-bond donors (Lipinski definition) is 1. The van der Waals surface area contributed by atoms with Crippen molar-refractivity contribution in [1.29, 1.82) is 0 Å². The van der Waals surface area contributed by atoms with Crippen LogP contribution in [0.5, 0.6) is 0 Å². The fourth-order valence-electron chi connectivity index (χ4n) is 3.58. The van der Waals surface area contributed by atoms with E-state index in [-0.39, 0.29) is 24.1 Å². The van der Waals surface area contributed by atoms with Crippen molar-refractivity contribution >= 4 is 38.8 Å². The van der Waals surface area contributed by atoms with Crippen LogP contribution in [0, 0.1) is 13.8 Å². The van der Waals surface area contributed by atoms with Crippen LogP contribution >= 0.6 is 22.7 Å². The summed E-state index contributed by atoms with van der Waals surface area (Å²) in [5.74, 6) is -0.187. The van der Waals surface area contributed by atoms with E-state index in [0.29, 0.717) is 25.1 Å². The number of ether oxygens (including phenoxy) is 1. The Balaban J connectivity index is 1.46. The molecule has 29 heavy (non-hydrogen) atoms. The van der Waals surface area contributed by atoms with Crippen molar-refractivity contribution in [2.75, 3.05) is 32.8 Å². The number of rotatable bonds is 6. The number of aromatic nitrogens is 2. The molecule has 1 N–H and O–H groups in total. The van der Waals surface area contributed by atoms with E-state index in [1.807, 2.05) is 19.9 Å². The SMILES string of the molecule is Cc1sc2ncn(CC(=O)NCC(c3cccs3)N3CCOCC3)c(=O)c2c1C. The molecule has 3 aromatic heterocycles. The summed E-state index contributed by atoms with van der Waals surface area (Å²) in [6, 6.07) is 4.24. The molecule has 0 spiro atoms. The number of nitrogens with zero attached hydrogens (tertiary/aromatic N) is 3. The summed E-state index contributed by atoms with van der Waals surface area (Å²) in [6.07, 6.45) is 1.47. The van der Waals surface area contributed by atoms with Gasteiger partial charge in [0.2, 0.25) is 5.91 Å². The van der Waals surface area contributed by atoms with Crippen LogP contribution in [-0.2, 0) is 16.1 Å². The molecule has 154 valence electrons. The monoisotopic (exact) mass is 432 g/mol. The smallest absolute Gasteiger partial charge is 0.262 e. The van der Waals surface area contributed by atoms with Gasteiger partial charge in [0.25, 0.3) is 5.56 Å². The Hall–Kier alpha value is -2.07. The molecule has 4 heterocycles. The van der Waals surface area contributed by atoms with E-state index in [2.05, 4.69) is 26.6 Å². The first-order valence-electron chi connectivity index (χ1n) is 9.61. The van der Waals surface area contributed by atoms with Gasteiger partial charge in [-0.05, 0) is 30.9 Å². The van der Waals surface area contributed by atoms with E-state index in [0.717, 1.165) is 28.4 Å². The fraction of sp³-hybridized carbons (Fsp3) is 0.450. The van der Waals surface area contributed by atoms with Crippen LogP contribution in [0.2, 0.25) is 0 Å². The molecule has 1 atom stereocenters. The van der Waals surface area contributed by atoms with Crippen LogP contribution in [0.3, 0.4) is 0 Å². The standard InChI is InChI=1S/C20H24N4O3S2/c1-13-14(2)29-19-18(13)20(26)24(12-22-19)11-17(25)21-10-15(16-4-3-9-28-16)23-5-7-27-8-6-23/h3-4,9,12,15H,5-8,10-11H2,1-2H3,(H,21,25). The summed E-state index contributed by atoms with van der Waals surface area (Å²) in [4.78, 5) is 35.1. The first-order valence-corrected chi connectivity index (χ1v) is 11.3. The van der Waals surface area contributed by atoms with Gasteiger partial charge in [-0.15, -0.1) is 22.7 Å². The zero-order chi connectivity index (χ0) is 20.4. The number of carbonyl (C=O) groups is 1. The average Bonchev–Trinajstić information content (AvgIpc) is 3.34. The normalized spacial score (nSPS) is 16.2. The molecule has 7 nitrogen and oxygen atoms in total. The van der Waals surface area contributed by atoms with Crippen LogP contribution in [0.4, 0.5) is 0 Å². The molecule has 1 aliphatic heterocycles. The summed E-state index contributed by atoms with van der Waals surface area (Å²) in [7, 11) is 0. The van der Waals surface area contributed by atoms with Gasteiger partial charge in [0.05, 0.1) is 31.0 Å². The number of amides is 1. The molecule has 0 saturated carbocycles. The molecular weight excluding hydrogens is 408 g/mol. The molecule has 0 aromatic carbocycles. The second-order valence-corrected chi connectivity index (χ2v) is 9.31. The molecule has 1 aliphatic rings. The molecule has 1 amide bonds. The molecule has 4 rings (SSSR count). The third kappa shape index (κ3) is 4.28. The summed E-state index contributed by atoms with van der Waals surface area (Å²) < 4.78 is 6.86. The lowest BCUT2D eigenvalue weighted by atomic mass is 10.2. The second kappa shape index (κ2) is 8.74. The minimum absolute atomic E-state index is 0.0314. The highest BCUT2D eigenvalue weighted by atomic mass is 32.1. The number of aryl methyl sites for hydroxylation is 2. The van der Waals surface area contributed by atoms with Crippen molar-refractivity contribution in [3.8, 4) is 0 Å². The number of carbonyl (C=O) groups excluding carboxylic acids is 1. The molecule has 0 radical (unpaired) electrons. The van der Waals surface area contributed by atoms with Gasteiger partial charge in [0, 0.05) is 29.4 Å². The topological polar surface area (TPSA) is 76.5 Å². The quantitative estimate of drug-likeness (QED) is 0.647. The van der Waals surface area contributed by atoms with Gasteiger partial charge in [0.1, 0.15) is 11.4 Å². The first-order chi connectivity index (χ1) is 14.0. The van der Waals surface area contributed by atoms with Crippen LogP contribution in [0.1, 0.15) is 21.4 Å². The molecule has 9 heteroatoms. The maximum atomic E-state index is 12.8. The lowest BCUT2D eigenvalue weighted by Gasteiger charge is -2.34. The Labute approximate surface area is 176 Å². The number of thiophene rings is 2. The molecule has 3 aromatic rings. The summed E-state index contributed by atoms with van der Waals surface area (Å²) >= 11 is 3.20. The number of morpholine rings is 1. The van der Waals surface area contributed by atoms with Crippen molar-refractivity contribution < 1.29 is 9.53 Å². The Bertz CT molecular complexity index is 1050. The van der Waals surface area contributed by atoms with Crippen LogP contribution in [-0.4, -0.2) is 53.2 Å². The van der Waals surface area contributed by atoms with Gasteiger partial charge < -0.3 is 10.1 Å². The van der Waals surface area contributed by atoms with Crippen molar-refractivity contribution in [2.24, 2.45) is 0 Å². The number of fused-ring (bicyclic) bond motifs is 1. The van der Waals surface area contributed by atoms with Crippen LogP contribution < -0.4 is 10.9 Å². The molecule has 1 saturated heterocycles. The highest BCUT2D eigenvalue weighted by Gasteiger charge is 2.24. The Morgan fingerprint density at radius 2 is 2.14 bits per heavy atom. The lowest BCUT2D eigenvalue weighted by Crippen LogP contribution is -2.44. The van der Waals surface area contributed by atoms with Gasteiger partial charge >= 0.3 is 0 Å². The highest BCUT2D eigenvalue weighted by Crippen LogP contribution is 2.26. The van der Waals surface area contributed by atoms with Crippen molar-refractivity contribution in [3.63, 3.8) is 0 Å². The first kappa shape index (κ1) is 20.2. The fourth-order valence-corrected chi connectivity index (χ4v) is 5.43. The van der Waals surface area contributed by atoms with Gasteiger partial charge in [0.15, 0.2) is 0 Å². The molecule has 0 aliphatic carbocycles. The maximum absolute atomic E-state index is 12.8. The lowest BCUT2D eigenvalue weighted by molar-refractivity contribution is -0.122. The van der Waals surface area contributed by atoms with Gasteiger partial charge in [-0.3, -0.25) is 19.1 Å². The van der Waals surface area contributed by atoms with E-state index < -0.39 is 0 Å². The number of hydrogen-bond acceptors (Lipinski definition) is 7. The van der Waals surface area contributed by atoms with Crippen LogP contribution in [0.25, 0.3) is 10.2 Å². The molecule has 0 bridgehead atoms. The van der Waals surface area contributed by atoms with Gasteiger partial charge in [-0.1, -0.05) is 6.07 Å². The Morgan fingerprint density at radius 3 is 2.86 bits per heavy atom. The molecule has 1 unspecified atom stereocenters. The highest BCUT2D eigenvalue weighted by molar-refractivity contribution is 7.18. The predicted octanol–water partition coefficient (Wildman–Crippen LogP) is 2.33. The van der Waals surface area contributed by atoms with E-state index in [4.69, 9.17) is 4.74 Å². The summed E-state index contributed by atoms with van der Waals surface area (Å²) in [5, 5.41) is 5.68. The predicted molar refractivity (Wildman–Crippen MR) is 116 cm³/mol. The second-order valence-electron chi connectivity index (χ2n) is 7.12. The van der Waals surface area contributed by atoms with E-state index in [1.54, 1.807) is 11.3 Å². The summed E-state index contributed by atoms with van der Waals surface area (Å²) in [6.45, 7) is 7.47. The van der Waals surface area contributed by atoms with Crippen molar-refractivity contribution in [1.82, 2.24) is 19.8 Å². The Morgan fingerprint density at radius 1 is 1.34 bits per heavy atom. The number of nitrogens with one attached hydrogen (secondary N) is 1. The zero-order valence-electron chi connectivity index (χ0n) is 16.5. The minimum Gasteiger partial charge on any atom is -0.379 e. The van der Waals surface area contributed by atoms with Gasteiger partial charge in [-0.25, -0.2) is 4.98 Å². The maximum Gasteiger partial charge on any atom is 0.262 e. The van der Waals surface area contributed by atoms with E-state index >= 15 is 0 Å². The van der Waals surface area contributed by atoms with Crippen LogP contribution in [0.15, 0.2) is 28.6 Å². The van der Waals surface area contributed by atoms with Crippen molar-refractivity contribution in [2.45, 2.75) is 26.4 Å². The largest absolute Gasteiger partial charge is 0.379 e. The minimum atomic E-state index is -0.187. The van der Waals surface area contributed by atoms with Crippen molar-refractivity contribution in [3.05, 3.63) is 49.5 Å². The molecule has 1 fully saturated rings. The Kier molecular flexibility index (Phi) is 6.09. The third-order valence-electron chi connectivity index (χ3n) is 5.32.